The summed E-state index contributed by atoms with van der Waals surface area (Å²) in [5, 5.41) is 2.35. The number of imidazole rings is 1. The molecule has 0 aliphatic carbocycles. The normalized spacial score (nSPS) is 19.1. The van der Waals surface area contributed by atoms with Crippen LogP contribution in [0.4, 0.5) is 0 Å². The molecular weight excluding hydrogens is 337 g/mol. The molecule has 2 amide bonds. The Hall–Kier alpha value is -1.94. The van der Waals surface area contributed by atoms with Crippen molar-refractivity contribution in [2.75, 3.05) is 12.8 Å². The minimum atomic E-state index is -0.639. The van der Waals surface area contributed by atoms with Gasteiger partial charge in [0.05, 0.1) is 11.0 Å². The lowest BCUT2D eigenvalue weighted by Gasteiger charge is -2.26. The summed E-state index contributed by atoms with van der Waals surface area (Å²) in [6.07, 6.45) is 1.64. The van der Waals surface area contributed by atoms with E-state index in [1.807, 2.05) is 12.1 Å². The van der Waals surface area contributed by atoms with Gasteiger partial charge in [-0.2, -0.15) is 0 Å². The van der Waals surface area contributed by atoms with Crippen molar-refractivity contribution in [2.24, 2.45) is 7.05 Å². The molecule has 2 unspecified atom stereocenters. The predicted molar refractivity (Wildman–Crippen MR) is 101 cm³/mol. The second-order valence-electron chi connectivity index (χ2n) is 7.27. The van der Waals surface area contributed by atoms with Gasteiger partial charge < -0.3 is 0 Å². The van der Waals surface area contributed by atoms with E-state index in [-0.39, 0.29) is 23.4 Å². The molecule has 0 radical (unpaired) electrons. The Labute approximate surface area is 148 Å². The molecule has 134 valence electrons. The quantitative estimate of drug-likeness (QED) is 0.668. The fourth-order valence-electron chi connectivity index (χ4n) is 3.75. The van der Waals surface area contributed by atoms with Crippen LogP contribution < -0.4 is 11.0 Å². The highest BCUT2D eigenvalue weighted by molar-refractivity contribution is 7.37. The monoisotopic (exact) mass is 361 g/mol. The smallest absolute Gasteiger partial charge is 0.295 e. The third-order valence-electron chi connectivity index (χ3n) is 4.97. The van der Waals surface area contributed by atoms with E-state index in [1.54, 1.807) is 16.2 Å². The van der Waals surface area contributed by atoms with Gasteiger partial charge in [-0.15, -0.1) is 8.58 Å². The van der Waals surface area contributed by atoms with Crippen molar-refractivity contribution >= 4 is 31.4 Å². The number of carbonyl (C=O) groups excluding carboxylic acids is 2. The molecule has 1 aliphatic rings. The van der Waals surface area contributed by atoms with Crippen molar-refractivity contribution in [2.45, 2.75) is 38.1 Å². The minimum absolute atomic E-state index is 0.0616. The van der Waals surface area contributed by atoms with Crippen LogP contribution in [0.25, 0.3) is 11.0 Å². The summed E-state index contributed by atoms with van der Waals surface area (Å²) in [6, 6.07) is 5.26. The first-order valence-electron chi connectivity index (χ1n) is 8.46. The summed E-state index contributed by atoms with van der Waals surface area (Å²) >= 11 is 0. The standard InChI is InChI=1S/C18H24N3O3P/c1-18(2,10-25-4)11-6-5-7-12-15(11)20(3)17(24)21(12)13-8-9-14(22)19-16(13)23/h5-7,13,25H,8-10H2,1-4H3,(H,19,22,23). The average molecular weight is 361 g/mol. The number of fused-ring (bicyclic) bond motifs is 1. The highest BCUT2D eigenvalue weighted by Gasteiger charge is 2.33. The number of aryl methyl sites for hydroxylation is 1. The maximum Gasteiger partial charge on any atom is 0.329 e. The Morgan fingerprint density at radius 1 is 1.28 bits per heavy atom. The van der Waals surface area contributed by atoms with Crippen molar-refractivity contribution in [1.29, 1.82) is 0 Å². The first-order valence-corrected chi connectivity index (χ1v) is 10.2. The lowest BCUT2D eigenvalue weighted by atomic mass is 9.85. The number of carbonyl (C=O) groups is 2. The molecule has 0 spiro atoms. The molecule has 1 aromatic heterocycles. The number of benzene rings is 1. The molecule has 1 aromatic carbocycles. The summed E-state index contributed by atoms with van der Waals surface area (Å²) in [5.74, 6) is -0.675. The van der Waals surface area contributed by atoms with E-state index in [1.165, 1.54) is 0 Å². The SMILES string of the molecule is CPCC(C)(C)c1cccc2c1n(C)c(=O)n2C1CCC(=O)NC1=O. The summed E-state index contributed by atoms with van der Waals surface area (Å²) in [6.45, 7) is 6.55. The third-order valence-corrected chi connectivity index (χ3v) is 6.21. The number of nitrogens with one attached hydrogen (secondary N) is 1. The van der Waals surface area contributed by atoms with Gasteiger partial charge in [-0.3, -0.25) is 24.0 Å². The van der Waals surface area contributed by atoms with Crippen LogP contribution in [0.1, 0.15) is 38.3 Å². The molecule has 1 fully saturated rings. The first kappa shape index (κ1) is 17.9. The van der Waals surface area contributed by atoms with E-state index in [4.69, 9.17) is 0 Å². The third kappa shape index (κ3) is 2.93. The molecule has 3 rings (SSSR count). The van der Waals surface area contributed by atoms with Gasteiger partial charge in [0, 0.05) is 13.5 Å². The Kier molecular flexibility index (Phi) is 4.58. The second-order valence-corrected chi connectivity index (χ2v) is 8.33. The average Bonchev–Trinajstić information content (AvgIpc) is 2.79. The number of imide groups is 1. The van der Waals surface area contributed by atoms with Crippen LogP contribution in [0.5, 0.6) is 0 Å². The van der Waals surface area contributed by atoms with Gasteiger partial charge in [0.2, 0.25) is 11.8 Å². The van der Waals surface area contributed by atoms with Crippen molar-refractivity contribution in [1.82, 2.24) is 14.5 Å². The number of para-hydroxylation sites is 1. The fraction of sp³-hybridized carbons (Fsp3) is 0.500. The number of hydrogen-bond acceptors (Lipinski definition) is 3. The minimum Gasteiger partial charge on any atom is -0.295 e. The van der Waals surface area contributed by atoms with E-state index < -0.39 is 11.9 Å². The number of hydrogen-bond donors (Lipinski definition) is 1. The molecule has 2 heterocycles. The largest absolute Gasteiger partial charge is 0.329 e. The first-order chi connectivity index (χ1) is 11.8. The van der Waals surface area contributed by atoms with Gasteiger partial charge in [-0.05, 0) is 36.3 Å². The van der Waals surface area contributed by atoms with Crippen LogP contribution in [-0.4, -0.2) is 33.8 Å². The van der Waals surface area contributed by atoms with E-state index in [9.17, 15) is 14.4 Å². The van der Waals surface area contributed by atoms with Crippen molar-refractivity contribution in [3.8, 4) is 0 Å². The molecular formula is C18H24N3O3P. The van der Waals surface area contributed by atoms with Crippen LogP contribution >= 0.6 is 8.58 Å². The van der Waals surface area contributed by atoms with Gasteiger partial charge in [0.25, 0.3) is 0 Å². The molecule has 7 heteroatoms. The van der Waals surface area contributed by atoms with Crippen LogP contribution in [0, 0.1) is 0 Å². The Morgan fingerprint density at radius 3 is 2.64 bits per heavy atom. The summed E-state index contributed by atoms with van der Waals surface area (Å²) < 4.78 is 3.18. The van der Waals surface area contributed by atoms with E-state index in [0.717, 1.165) is 31.3 Å². The molecule has 0 saturated carbocycles. The van der Waals surface area contributed by atoms with Crippen molar-refractivity contribution < 1.29 is 9.59 Å². The van der Waals surface area contributed by atoms with Gasteiger partial charge in [0.15, 0.2) is 0 Å². The predicted octanol–water partition coefficient (Wildman–Crippen LogP) is 1.90. The van der Waals surface area contributed by atoms with Gasteiger partial charge in [0.1, 0.15) is 6.04 Å². The number of aromatic nitrogens is 2. The molecule has 2 atom stereocenters. The molecule has 6 nitrogen and oxygen atoms in total. The van der Waals surface area contributed by atoms with Crippen molar-refractivity contribution in [3.05, 3.63) is 34.2 Å². The summed E-state index contributed by atoms with van der Waals surface area (Å²) in [4.78, 5) is 36.6. The molecule has 2 aromatic rings. The zero-order chi connectivity index (χ0) is 18.4. The van der Waals surface area contributed by atoms with E-state index in [0.29, 0.717) is 6.42 Å². The Balaban J connectivity index is 2.23. The molecule has 1 saturated heterocycles. The van der Waals surface area contributed by atoms with Gasteiger partial charge in [-0.25, -0.2) is 4.79 Å². The number of amides is 2. The zero-order valence-corrected chi connectivity index (χ0v) is 16.0. The molecule has 1 N–H and O–H groups in total. The lowest BCUT2D eigenvalue weighted by Crippen LogP contribution is -2.44. The number of piperidine rings is 1. The van der Waals surface area contributed by atoms with Crippen LogP contribution in [-0.2, 0) is 22.1 Å². The van der Waals surface area contributed by atoms with Crippen LogP contribution in [0.3, 0.4) is 0 Å². The lowest BCUT2D eigenvalue weighted by molar-refractivity contribution is -0.135. The highest BCUT2D eigenvalue weighted by Crippen LogP contribution is 2.34. The van der Waals surface area contributed by atoms with Gasteiger partial charge >= 0.3 is 5.69 Å². The van der Waals surface area contributed by atoms with E-state index >= 15 is 0 Å². The van der Waals surface area contributed by atoms with E-state index in [2.05, 4.69) is 31.9 Å². The van der Waals surface area contributed by atoms with Crippen molar-refractivity contribution in [3.63, 3.8) is 0 Å². The Morgan fingerprint density at radius 2 is 2.00 bits per heavy atom. The van der Waals surface area contributed by atoms with Crippen LogP contribution in [0.15, 0.2) is 23.0 Å². The molecule has 25 heavy (non-hydrogen) atoms. The number of nitrogens with zero attached hydrogens (tertiary/aromatic N) is 2. The maximum atomic E-state index is 12.9. The highest BCUT2D eigenvalue weighted by atomic mass is 31.1. The summed E-state index contributed by atoms with van der Waals surface area (Å²) in [7, 11) is 2.56. The number of rotatable bonds is 4. The molecule has 1 aliphatic heterocycles. The second kappa shape index (κ2) is 6.41. The molecule has 0 bridgehead atoms. The Bertz CT molecular complexity index is 910. The van der Waals surface area contributed by atoms with Gasteiger partial charge in [-0.1, -0.05) is 26.0 Å². The topological polar surface area (TPSA) is 73.1 Å². The van der Waals surface area contributed by atoms with Crippen LogP contribution in [0.2, 0.25) is 0 Å². The zero-order valence-electron chi connectivity index (χ0n) is 15.0. The maximum absolute atomic E-state index is 12.9. The summed E-state index contributed by atoms with van der Waals surface area (Å²) in [5.41, 5.74) is 2.47. The fourth-order valence-corrected chi connectivity index (χ4v) is 4.83.